The van der Waals surface area contributed by atoms with Gasteiger partial charge in [-0.25, -0.2) is 0 Å². The van der Waals surface area contributed by atoms with Gasteiger partial charge in [0.05, 0.1) is 5.69 Å². The van der Waals surface area contributed by atoms with Crippen LogP contribution < -0.4 is 5.32 Å². The molecule has 0 aromatic carbocycles. The molecule has 1 unspecified atom stereocenters. The van der Waals surface area contributed by atoms with Crippen molar-refractivity contribution in [2.45, 2.75) is 39.2 Å². The molecule has 0 spiro atoms. The Kier molecular flexibility index (Phi) is 5.16. The van der Waals surface area contributed by atoms with Gasteiger partial charge in [-0.05, 0) is 30.8 Å². The molecule has 0 aliphatic rings. The maximum atomic E-state index is 4.57. The Bertz CT molecular complexity index is 487. The van der Waals surface area contributed by atoms with Gasteiger partial charge in [-0.1, -0.05) is 19.9 Å². The van der Waals surface area contributed by atoms with Gasteiger partial charge >= 0.3 is 0 Å². The van der Waals surface area contributed by atoms with Crippen molar-refractivity contribution in [2.24, 2.45) is 7.05 Å². The van der Waals surface area contributed by atoms with Crippen LogP contribution in [0.3, 0.4) is 0 Å². The molecule has 0 aliphatic heterocycles. The number of aryl methyl sites for hydroxylation is 2. The summed E-state index contributed by atoms with van der Waals surface area (Å²) >= 11 is 1.83. The highest BCUT2D eigenvalue weighted by atomic mass is 32.1. The molecule has 4 heteroatoms. The van der Waals surface area contributed by atoms with E-state index in [9.17, 15) is 0 Å². The molecule has 2 aromatic heterocycles. The fraction of sp³-hybridized carbons (Fsp3) is 0.533. The lowest BCUT2D eigenvalue weighted by atomic mass is 10.0. The Labute approximate surface area is 119 Å². The third-order valence-corrected chi connectivity index (χ3v) is 4.17. The molecule has 1 atom stereocenters. The Balaban J connectivity index is 2.20. The lowest BCUT2D eigenvalue weighted by molar-refractivity contribution is 0.528. The zero-order valence-corrected chi connectivity index (χ0v) is 12.8. The fourth-order valence-corrected chi connectivity index (χ4v) is 3.11. The zero-order valence-electron chi connectivity index (χ0n) is 12.0. The van der Waals surface area contributed by atoms with Crippen molar-refractivity contribution in [2.75, 3.05) is 6.54 Å². The van der Waals surface area contributed by atoms with E-state index in [2.05, 4.69) is 48.0 Å². The molecule has 2 aromatic rings. The highest BCUT2D eigenvalue weighted by molar-refractivity contribution is 7.09. The molecule has 0 fully saturated rings. The summed E-state index contributed by atoms with van der Waals surface area (Å²) in [5, 5.41) is 10.4. The molecule has 2 heterocycles. The van der Waals surface area contributed by atoms with E-state index in [1.807, 2.05) is 23.1 Å². The molecular weight excluding hydrogens is 254 g/mol. The van der Waals surface area contributed by atoms with Crippen LogP contribution in [0.15, 0.2) is 23.7 Å². The van der Waals surface area contributed by atoms with Crippen LogP contribution in [-0.2, 0) is 19.9 Å². The molecular formula is C15H23N3S. The highest BCUT2D eigenvalue weighted by Gasteiger charge is 2.18. The normalized spacial score (nSPS) is 12.8. The maximum absolute atomic E-state index is 4.57. The number of hydrogen-bond donors (Lipinski definition) is 1. The quantitative estimate of drug-likeness (QED) is 0.841. The number of nitrogens with zero attached hydrogens (tertiary/aromatic N) is 2. The number of thiophene rings is 1. The average molecular weight is 277 g/mol. The lowest BCUT2D eigenvalue weighted by Crippen LogP contribution is -2.24. The molecule has 2 rings (SSSR count). The van der Waals surface area contributed by atoms with Crippen LogP contribution in [0.2, 0.25) is 0 Å². The third-order valence-electron chi connectivity index (χ3n) is 3.27. The Morgan fingerprint density at radius 2 is 2.26 bits per heavy atom. The molecule has 0 saturated carbocycles. The molecule has 0 aliphatic carbocycles. The maximum Gasteiger partial charge on any atom is 0.0669 e. The summed E-state index contributed by atoms with van der Waals surface area (Å²) in [5.41, 5.74) is 2.57. The van der Waals surface area contributed by atoms with E-state index in [-0.39, 0.29) is 0 Å². The Morgan fingerprint density at radius 3 is 2.89 bits per heavy atom. The summed E-state index contributed by atoms with van der Waals surface area (Å²) in [6, 6.07) is 4.72. The summed E-state index contributed by atoms with van der Waals surface area (Å²) < 4.78 is 1.93. The monoisotopic (exact) mass is 277 g/mol. The third kappa shape index (κ3) is 3.67. The Morgan fingerprint density at radius 1 is 1.42 bits per heavy atom. The first-order valence-electron chi connectivity index (χ1n) is 7.02. The number of rotatable bonds is 7. The first-order valence-corrected chi connectivity index (χ1v) is 7.90. The van der Waals surface area contributed by atoms with Crippen molar-refractivity contribution >= 4 is 11.3 Å². The SMILES string of the molecule is CCCNC(Cc1cccs1)c1cn(C)nc1CC. The summed E-state index contributed by atoms with van der Waals surface area (Å²) in [4.78, 5) is 1.43. The first-order chi connectivity index (χ1) is 9.24. The van der Waals surface area contributed by atoms with E-state index in [1.54, 1.807) is 0 Å². The van der Waals surface area contributed by atoms with E-state index in [1.165, 1.54) is 16.1 Å². The van der Waals surface area contributed by atoms with Crippen LogP contribution in [0.25, 0.3) is 0 Å². The fourth-order valence-electron chi connectivity index (χ4n) is 2.36. The van der Waals surface area contributed by atoms with Crippen LogP contribution in [-0.4, -0.2) is 16.3 Å². The summed E-state index contributed by atoms with van der Waals surface area (Å²) in [7, 11) is 2.00. The summed E-state index contributed by atoms with van der Waals surface area (Å²) in [6.07, 6.45) is 5.36. The number of hydrogen-bond acceptors (Lipinski definition) is 3. The van der Waals surface area contributed by atoms with E-state index >= 15 is 0 Å². The second kappa shape index (κ2) is 6.87. The van der Waals surface area contributed by atoms with Crippen LogP contribution in [0.1, 0.15) is 42.4 Å². The lowest BCUT2D eigenvalue weighted by Gasteiger charge is -2.17. The van der Waals surface area contributed by atoms with Crippen molar-refractivity contribution in [3.05, 3.63) is 39.8 Å². The van der Waals surface area contributed by atoms with Gasteiger partial charge in [0.15, 0.2) is 0 Å². The van der Waals surface area contributed by atoms with Gasteiger partial charge < -0.3 is 5.32 Å². The molecule has 1 N–H and O–H groups in total. The van der Waals surface area contributed by atoms with Gasteiger partial charge in [-0.2, -0.15) is 5.10 Å². The molecule has 3 nitrogen and oxygen atoms in total. The van der Waals surface area contributed by atoms with Crippen LogP contribution in [0.5, 0.6) is 0 Å². The van der Waals surface area contributed by atoms with Crippen molar-refractivity contribution in [3.63, 3.8) is 0 Å². The second-order valence-electron chi connectivity index (χ2n) is 4.85. The van der Waals surface area contributed by atoms with E-state index in [0.29, 0.717) is 6.04 Å². The van der Waals surface area contributed by atoms with Crippen molar-refractivity contribution < 1.29 is 0 Å². The van der Waals surface area contributed by atoms with E-state index in [4.69, 9.17) is 0 Å². The topological polar surface area (TPSA) is 29.9 Å². The predicted molar refractivity (Wildman–Crippen MR) is 81.6 cm³/mol. The summed E-state index contributed by atoms with van der Waals surface area (Å²) in [5.74, 6) is 0. The molecule has 104 valence electrons. The van der Waals surface area contributed by atoms with Gasteiger partial charge in [0.1, 0.15) is 0 Å². The average Bonchev–Trinajstić information content (AvgIpc) is 3.03. The van der Waals surface area contributed by atoms with Crippen molar-refractivity contribution in [3.8, 4) is 0 Å². The second-order valence-corrected chi connectivity index (χ2v) is 5.88. The van der Waals surface area contributed by atoms with Gasteiger partial charge in [0.2, 0.25) is 0 Å². The van der Waals surface area contributed by atoms with Crippen molar-refractivity contribution in [1.29, 1.82) is 0 Å². The zero-order chi connectivity index (χ0) is 13.7. The molecule has 0 saturated heterocycles. The summed E-state index contributed by atoms with van der Waals surface area (Å²) in [6.45, 7) is 5.43. The van der Waals surface area contributed by atoms with E-state index in [0.717, 1.165) is 25.8 Å². The van der Waals surface area contributed by atoms with Crippen LogP contribution in [0.4, 0.5) is 0 Å². The largest absolute Gasteiger partial charge is 0.310 e. The van der Waals surface area contributed by atoms with Crippen LogP contribution >= 0.6 is 11.3 Å². The minimum absolute atomic E-state index is 0.377. The highest BCUT2D eigenvalue weighted by Crippen LogP contribution is 2.24. The van der Waals surface area contributed by atoms with Gasteiger partial charge in [-0.15, -0.1) is 11.3 Å². The molecule has 19 heavy (non-hydrogen) atoms. The van der Waals surface area contributed by atoms with E-state index < -0.39 is 0 Å². The standard InChI is InChI=1S/C15H23N3S/c1-4-8-16-15(10-12-7-6-9-19-12)13-11-18(3)17-14(13)5-2/h6-7,9,11,15-16H,4-5,8,10H2,1-3H3. The number of nitrogens with one attached hydrogen (secondary N) is 1. The Hall–Kier alpha value is -1.13. The number of aromatic nitrogens is 2. The molecule has 0 radical (unpaired) electrons. The van der Waals surface area contributed by atoms with Crippen LogP contribution in [0, 0.1) is 0 Å². The molecule has 0 amide bonds. The molecule has 0 bridgehead atoms. The van der Waals surface area contributed by atoms with Gasteiger partial charge in [-0.3, -0.25) is 4.68 Å². The smallest absolute Gasteiger partial charge is 0.0669 e. The minimum Gasteiger partial charge on any atom is -0.310 e. The first kappa shape index (κ1) is 14.3. The van der Waals surface area contributed by atoms with Gasteiger partial charge in [0, 0.05) is 36.1 Å². The minimum atomic E-state index is 0.377. The van der Waals surface area contributed by atoms with Gasteiger partial charge in [0.25, 0.3) is 0 Å². The predicted octanol–water partition coefficient (Wildman–Crippen LogP) is 3.33. The van der Waals surface area contributed by atoms with Crippen molar-refractivity contribution in [1.82, 2.24) is 15.1 Å².